The molecular formula is C27H37N3O5. The van der Waals surface area contributed by atoms with E-state index in [1.165, 1.54) is 0 Å². The first kappa shape index (κ1) is 26.5. The van der Waals surface area contributed by atoms with Crippen molar-refractivity contribution in [2.75, 3.05) is 49.0 Å². The molecule has 0 saturated carbocycles. The average Bonchev–Trinajstić information content (AvgIpc) is 2.85. The number of hydrogen-bond acceptors (Lipinski definition) is 5. The van der Waals surface area contributed by atoms with E-state index in [1.54, 1.807) is 7.11 Å². The largest absolute Gasteiger partial charge is 0.481 e. The van der Waals surface area contributed by atoms with Gasteiger partial charge < -0.3 is 30.1 Å². The predicted molar refractivity (Wildman–Crippen MR) is 139 cm³/mol. The van der Waals surface area contributed by atoms with Crippen LogP contribution in [0.15, 0.2) is 42.5 Å². The number of ether oxygens (including phenoxy) is 2. The summed E-state index contributed by atoms with van der Waals surface area (Å²) in [6, 6.07) is 13.4. The third-order valence-electron chi connectivity index (χ3n) is 6.52. The van der Waals surface area contributed by atoms with Crippen molar-refractivity contribution in [2.24, 2.45) is 0 Å². The zero-order valence-electron chi connectivity index (χ0n) is 20.9. The van der Waals surface area contributed by atoms with Crippen molar-refractivity contribution < 1.29 is 24.2 Å². The topological polar surface area (TPSA) is 100 Å². The molecule has 0 aliphatic carbocycles. The van der Waals surface area contributed by atoms with Crippen LogP contribution in [-0.2, 0) is 14.3 Å². The van der Waals surface area contributed by atoms with E-state index in [0.717, 1.165) is 35.3 Å². The smallest absolute Gasteiger partial charge is 0.323 e. The molecule has 3 N–H and O–H groups in total. The van der Waals surface area contributed by atoms with Crippen LogP contribution in [0.4, 0.5) is 21.9 Å². The number of aryl methyl sites for hydroxylation is 1. The van der Waals surface area contributed by atoms with Crippen LogP contribution in [0.2, 0.25) is 0 Å². The number of amides is 2. The van der Waals surface area contributed by atoms with Gasteiger partial charge in [0.05, 0.1) is 24.4 Å². The van der Waals surface area contributed by atoms with Crippen LogP contribution in [0.3, 0.4) is 0 Å². The highest BCUT2D eigenvalue weighted by Gasteiger charge is 2.25. The van der Waals surface area contributed by atoms with Gasteiger partial charge in [-0.1, -0.05) is 31.2 Å². The Morgan fingerprint density at radius 3 is 2.51 bits per heavy atom. The quantitative estimate of drug-likeness (QED) is 0.404. The maximum atomic E-state index is 13.0. The second kappa shape index (κ2) is 13.1. The number of para-hydroxylation sites is 1. The number of benzene rings is 2. The molecule has 1 saturated heterocycles. The number of urea groups is 1. The van der Waals surface area contributed by atoms with Gasteiger partial charge in [0.2, 0.25) is 0 Å². The van der Waals surface area contributed by atoms with Crippen LogP contribution in [-0.4, -0.2) is 56.6 Å². The summed E-state index contributed by atoms with van der Waals surface area (Å²) in [5, 5.41) is 15.4. The van der Waals surface area contributed by atoms with Crippen LogP contribution in [0.25, 0.3) is 0 Å². The standard InChI is InChI=1S/C27H37N3O5/c1-4-20(18-26(31)32)21-9-10-25(30(13-16-34-3)22-11-14-35-15-12-22)24(17-21)29-27(33)28-23-8-6-5-7-19(23)2/h5-10,17,20,22H,4,11-16,18H2,1-3H3,(H,31,32)(H2,28,29,33). The zero-order valence-corrected chi connectivity index (χ0v) is 20.9. The van der Waals surface area contributed by atoms with Gasteiger partial charge in [0, 0.05) is 38.6 Å². The molecule has 8 heteroatoms. The lowest BCUT2D eigenvalue weighted by Gasteiger charge is -2.37. The van der Waals surface area contributed by atoms with Crippen molar-refractivity contribution >= 4 is 29.1 Å². The lowest BCUT2D eigenvalue weighted by molar-refractivity contribution is -0.137. The lowest BCUT2D eigenvalue weighted by atomic mass is 9.92. The Labute approximate surface area is 207 Å². The molecule has 1 atom stereocenters. The monoisotopic (exact) mass is 483 g/mol. The third-order valence-corrected chi connectivity index (χ3v) is 6.52. The van der Waals surface area contributed by atoms with Crippen molar-refractivity contribution in [3.05, 3.63) is 53.6 Å². The molecule has 2 aromatic rings. The fourth-order valence-electron chi connectivity index (χ4n) is 4.54. The maximum absolute atomic E-state index is 13.0. The molecule has 2 amide bonds. The molecule has 3 rings (SSSR count). The normalized spacial score (nSPS) is 14.8. The number of rotatable bonds is 11. The molecule has 2 aromatic carbocycles. The van der Waals surface area contributed by atoms with E-state index in [4.69, 9.17) is 9.47 Å². The van der Waals surface area contributed by atoms with Crippen molar-refractivity contribution in [2.45, 2.75) is 51.5 Å². The summed E-state index contributed by atoms with van der Waals surface area (Å²) >= 11 is 0. The lowest BCUT2D eigenvalue weighted by Crippen LogP contribution is -2.42. The Bertz CT molecular complexity index is 991. The molecule has 1 aliphatic heterocycles. The second-order valence-corrected chi connectivity index (χ2v) is 8.90. The van der Waals surface area contributed by atoms with Crippen molar-refractivity contribution in [3.63, 3.8) is 0 Å². The summed E-state index contributed by atoms with van der Waals surface area (Å²) in [7, 11) is 1.68. The summed E-state index contributed by atoms with van der Waals surface area (Å²) in [6.07, 6.45) is 2.50. The number of nitrogens with zero attached hydrogens (tertiary/aromatic N) is 1. The summed E-state index contributed by atoms with van der Waals surface area (Å²) < 4.78 is 11.0. The number of nitrogens with one attached hydrogen (secondary N) is 2. The van der Waals surface area contributed by atoms with E-state index < -0.39 is 5.97 Å². The van der Waals surface area contributed by atoms with E-state index >= 15 is 0 Å². The average molecular weight is 484 g/mol. The minimum absolute atomic E-state index is 0.0397. The molecule has 1 unspecified atom stereocenters. The van der Waals surface area contributed by atoms with Crippen LogP contribution >= 0.6 is 0 Å². The van der Waals surface area contributed by atoms with Crippen LogP contribution < -0.4 is 15.5 Å². The molecular weight excluding hydrogens is 446 g/mol. The first-order valence-corrected chi connectivity index (χ1v) is 12.3. The summed E-state index contributed by atoms with van der Waals surface area (Å²) in [4.78, 5) is 26.7. The Morgan fingerprint density at radius 2 is 1.86 bits per heavy atom. The first-order chi connectivity index (χ1) is 16.9. The van der Waals surface area contributed by atoms with Gasteiger partial charge >= 0.3 is 12.0 Å². The van der Waals surface area contributed by atoms with Gasteiger partial charge in [0.1, 0.15) is 0 Å². The van der Waals surface area contributed by atoms with E-state index in [9.17, 15) is 14.7 Å². The SMILES string of the molecule is CCC(CC(=O)O)c1ccc(N(CCOC)C2CCOCC2)c(NC(=O)Nc2ccccc2C)c1. The minimum atomic E-state index is -0.836. The van der Waals surface area contributed by atoms with Gasteiger partial charge in [0.25, 0.3) is 0 Å². The summed E-state index contributed by atoms with van der Waals surface area (Å²) in [6.45, 7) is 6.52. The number of carboxylic acids is 1. The number of carbonyl (C=O) groups excluding carboxylic acids is 1. The molecule has 0 spiro atoms. The predicted octanol–water partition coefficient (Wildman–Crippen LogP) is 5.24. The van der Waals surface area contributed by atoms with Gasteiger partial charge in [-0.05, 0) is 61.4 Å². The molecule has 1 fully saturated rings. The molecule has 0 radical (unpaired) electrons. The molecule has 8 nitrogen and oxygen atoms in total. The van der Waals surface area contributed by atoms with Crippen LogP contribution in [0.5, 0.6) is 0 Å². The highest BCUT2D eigenvalue weighted by molar-refractivity contribution is 6.02. The van der Waals surface area contributed by atoms with Crippen molar-refractivity contribution in [3.8, 4) is 0 Å². The number of anilines is 3. The number of hydrogen-bond donors (Lipinski definition) is 3. The van der Waals surface area contributed by atoms with Gasteiger partial charge in [0.15, 0.2) is 0 Å². The molecule has 1 heterocycles. The molecule has 0 bridgehead atoms. The molecule has 0 aromatic heterocycles. The molecule has 190 valence electrons. The third kappa shape index (κ3) is 7.44. The highest BCUT2D eigenvalue weighted by atomic mass is 16.5. The van der Waals surface area contributed by atoms with E-state index in [-0.39, 0.29) is 24.4 Å². The fraction of sp³-hybridized carbons (Fsp3) is 0.481. The van der Waals surface area contributed by atoms with Gasteiger partial charge in [-0.2, -0.15) is 0 Å². The van der Waals surface area contributed by atoms with Crippen molar-refractivity contribution in [1.29, 1.82) is 0 Å². The van der Waals surface area contributed by atoms with Gasteiger partial charge in [-0.25, -0.2) is 4.79 Å². The van der Waals surface area contributed by atoms with Crippen LogP contribution in [0, 0.1) is 6.92 Å². The Hall–Kier alpha value is -3.10. The Kier molecular flexibility index (Phi) is 9.93. The molecule has 35 heavy (non-hydrogen) atoms. The van der Waals surface area contributed by atoms with Crippen LogP contribution in [0.1, 0.15) is 49.7 Å². The Morgan fingerprint density at radius 1 is 1.14 bits per heavy atom. The Balaban J connectivity index is 1.96. The first-order valence-electron chi connectivity index (χ1n) is 12.3. The van der Waals surface area contributed by atoms with E-state index in [0.29, 0.717) is 38.5 Å². The summed E-state index contributed by atoms with van der Waals surface area (Å²) in [5.74, 6) is -0.978. The van der Waals surface area contributed by atoms with Crippen molar-refractivity contribution in [1.82, 2.24) is 0 Å². The fourth-order valence-corrected chi connectivity index (χ4v) is 4.54. The number of methoxy groups -OCH3 is 1. The maximum Gasteiger partial charge on any atom is 0.323 e. The molecule has 1 aliphatic rings. The van der Waals surface area contributed by atoms with E-state index in [2.05, 4.69) is 15.5 Å². The van der Waals surface area contributed by atoms with Gasteiger partial charge in [-0.15, -0.1) is 0 Å². The summed E-state index contributed by atoms with van der Waals surface area (Å²) in [5.41, 5.74) is 4.14. The minimum Gasteiger partial charge on any atom is -0.481 e. The number of carbonyl (C=O) groups is 2. The number of aliphatic carboxylic acids is 1. The second-order valence-electron chi connectivity index (χ2n) is 8.90. The highest BCUT2D eigenvalue weighted by Crippen LogP contribution is 2.35. The van der Waals surface area contributed by atoms with E-state index in [1.807, 2.05) is 56.3 Å². The van der Waals surface area contributed by atoms with Gasteiger partial charge in [-0.3, -0.25) is 4.79 Å². The number of carboxylic acid groups (broad SMARTS) is 1. The zero-order chi connectivity index (χ0) is 25.2.